The van der Waals surface area contributed by atoms with Gasteiger partial charge in [-0.3, -0.25) is 14.9 Å². The Morgan fingerprint density at radius 2 is 1.92 bits per heavy atom. The molecule has 0 aromatic heterocycles. The molecule has 0 saturated heterocycles. The number of nitrogens with zero attached hydrogens (tertiary/aromatic N) is 2. The van der Waals surface area contributed by atoms with Crippen LogP contribution in [0.2, 0.25) is 0 Å². The molecule has 1 aliphatic heterocycles. The van der Waals surface area contributed by atoms with Gasteiger partial charge in [0.1, 0.15) is 18.9 Å². The second-order valence-electron chi connectivity index (χ2n) is 5.88. The van der Waals surface area contributed by atoms with Crippen molar-refractivity contribution in [3.05, 3.63) is 57.6 Å². The number of ether oxygens (including phenoxy) is 2. The Morgan fingerprint density at radius 1 is 1.19 bits per heavy atom. The van der Waals surface area contributed by atoms with Gasteiger partial charge in [0, 0.05) is 32.3 Å². The molecule has 3 rings (SSSR count). The third-order valence-electron chi connectivity index (χ3n) is 4.08. The first-order valence-corrected chi connectivity index (χ1v) is 8.10. The van der Waals surface area contributed by atoms with Crippen LogP contribution in [-0.2, 0) is 6.54 Å². The lowest BCUT2D eigenvalue weighted by Gasteiger charge is -2.21. The zero-order valence-corrected chi connectivity index (χ0v) is 14.5. The number of nitro groups is 1. The monoisotopic (exact) mass is 357 g/mol. The fourth-order valence-electron chi connectivity index (χ4n) is 2.78. The molecular weight excluding hydrogens is 338 g/mol. The van der Waals surface area contributed by atoms with Crippen molar-refractivity contribution in [3.8, 4) is 11.5 Å². The van der Waals surface area contributed by atoms with Gasteiger partial charge in [-0.05, 0) is 29.8 Å². The lowest BCUT2D eigenvalue weighted by molar-refractivity contribution is -0.384. The molecule has 0 bridgehead atoms. The van der Waals surface area contributed by atoms with E-state index in [0.717, 1.165) is 5.56 Å². The molecule has 8 nitrogen and oxygen atoms in total. The molecule has 1 amide bonds. The predicted octanol–water partition coefficient (Wildman–Crippen LogP) is 2.68. The van der Waals surface area contributed by atoms with Crippen molar-refractivity contribution in [1.29, 1.82) is 0 Å². The third kappa shape index (κ3) is 3.53. The fraction of sp³-hybridized carbons (Fsp3) is 0.278. The number of nitrogens with one attached hydrogen (secondary N) is 1. The predicted molar refractivity (Wildman–Crippen MR) is 95.9 cm³/mol. The molecular formula is C18H19N3O5. The third-order valence-corrected chi connectivity index (χ3v) is 4.08. The number of carbonyl (C=O) groups excluding carboxylic acids is 1. The number of benzene rings is 2. The van der Waals surface area contributed by atoms with Crippen LogP contribution >= 0.6 is 0 Å². The number of hydrogen-bond donors (Lipinski definition) is 1. The maximum Gasteiger partial charge on any atom is 0.293 e. The molecule has 8 heteroatoms. The molecule has 0 aliphatic carbocycles. The van der Waals surface area contributed by atoms with Crippen LogP contribution in [0, 0.1) is 10.1 Å². The lowest BCUT2D eigenvalue weighted by atomic mass is 10.1. The summed E-state index contributed by atoms with van der Waals surface area (Å²) >= 11 is 0. The Labute approximate surface area is 150 Å². The van der Waals surface area contributed by atoms with Crippen molar-refractivity contribution in [2.75, 3.05) is 32.6 Å². The van der Waals surface area contributed by atoms with Crippen molar-refractivity contribution in [2.24, 2.45) is 0 Å². The molecule has 2 aromatic carbocycles. The number of nitro benzene ring substituents is 1. The minimum atomic E-state index is -0.510. The Morgan fingerprint density at radius 3 is 2.62 bits per heavy atom. The van der Waals surface area contributed by atoms with E-state index in [-0.39, 0.29) is 17.2 Å². The molecule has 2 aromatic rings. The minimum Gasteiger partial charge on any atom is -0.486 e. The zero-order valence-electron chi connectivity index (χ0n) is 14.5. The van der Waals surface area contributed by atoms with E-state index < -0.39 is 4.92 Å². The summed E-state index contributed by atoms with van der Waals surface area (Å²) in [4.78, 5) is 24.8. The van der Waals surface area contributed by atoms with Gasteiger partial charge in [0.25, 0.3) is 11.6 Å². The second-order valence-corrected chi connectivity index (χ2v) is 5.88. The summed E-state index contributed by atoms with van der Waals surface area (Å²) < 4.78 is 11.0. The average molecular weight is 357 g/mol. The van der Waals surface area contributed by atoms with Gasteiger partial charge in [-0.2, -0.15) is 0 Å². The molecule has 1 N–H and O–H groups in total. The van der Waals surface area contributed by atoms with Crippen LogP contribution in [0.4, 0.5) is 11.4 Å². The highest BCUT2D eigenvalue weighted by atomic mass is 16.6. The maximum absolute atomic E-state index is 12.6. The normalized spacial score (nSPS) is 12.4. The molecule has 136 valence electrons. The van der Waals surface area contributed by atoms with E-state index in [0.29, 0.717) is 36.9 Å². The smallest absolute Gasteiger partial charge is 0.293 e. The second kappa shape index (κ2) is 7.30. The summed E-state index contributed by atoms with van der Waals surface area (Å²) in [5, 5.41) is 13.9. The van der Waals surface area contributed by atoms with Crippen molar-refractivity contribution < 1.29 is 19.2 Å². The highest BCUT2D eigenvalue weighted by Gasteiger charge is 2.20. The van der Waals surface area contributed by atoms with Crippen LogP contribution in [0.5, 0.6) is 11.5 Å². The number of rotatable bonds is 5. The molecule has 0 spiro atoms. The SMILES string of the molecule is CNc1ccc(C(=O)N(C)Cc2ccc3c(c2)OCCO3)cc1[N+](=O)[O-]. The van der Waals surface area contributed by atoms with E-state index in [2.05, 4.69) is 5.32 Å². The molecule has 0 radical (unpaired) electrons. The first-order valence-electron chi connectivity index (χ1n) is 8.10. The van der Waals surface area contributed by atoms with Crippen LogP contribution in [0.15, 0.2) is 36.4 Å². The Hall–Kier alpha value is -3.29. The highest BCUT2D eigenvalue weighted by molar-refractivity contribution is 5.95. The van der Waals surface area contributed by atoms with Gasteiger partial charge in [-0.15, -0.1) is 0 Å². The van der Waals surface area contributed by atoms with Gasteiger partial charge >= 0.3 is 0 Å². The quantitative estimate of drug-likeness (QED) is 0.653. The van der Waals surface area contributed by atoms with Gasteiger partial charge in [0.05, 0.1) is 4.92 Å². The van der Waals surface area contributed by atoms with E-state index in [4.69, 9.17) is 9.47 Å². The largest absolute Gasteiger partial charge is 0.486 e. The Bertz CT molecular complexity index is 853. The Balaban J connectivity index is 1.77. The molecule has 0 unspecified atom stereocenters. The van der Waals surface area contributed by atoms with Crippen molar-refractivity contribution in [3.63, 3.8) is 0 Å². The fourth-order valence-corrected chi connectivity index (χ4v) is 2.78. The lowest BCUT2D eigenvalue weighted by Crippen LogP contribution is -2.26. The van der Waals surface area contributed by atoms with Gasteiger partial charge in [0.15, 0.2) is 11.5 Å². The standard InChI is InChI=1S/C18H19N3O5/c1-19-14-5-4-13(10-15(14)21(23)24)18(22)20(2)11-12-3-6-16-17(9-12)26-8-7-25-16/h3-6,9-10,19H,7-8,11H2,1-2H3. The molecule has 26 heavy (non-hydrogen) atoms. The summed E-state index contributed by atoms with van der Waals surface area (Å²) in [7, 11) is 3.24. The van der Waals surface area contributed by atoms with Crippen molar-refractivity contribution in [1.82, 2.24) is 4.90 Å². The molecule has 0 saturated carbocycles. The van der Waals surface area contributed by atoms with E-state index >= 15 is 0 Å². The van der Waals surface area contributed by atoms with Crippen LogP contribution in [0.1, 0.15) is 15.9 Å². The Kier molecular flexibility index (Phi) is 4.92. The summed E-state index contributed by atoms with van der Waals surface area (Å²) in [6.07, 6.45) is 0. The first kappa shape index (κ1) is 17.5. The summed E-state index contributed by atoms with van der Waals surface area (Å²) in [5.74, 6) is 1.04. The van der Waals surface area contributed by atoms with Crippen LogP contribution in [0.3, 0.4) is 0 Å². The summed E-state index contributed by atoms with van der Waals surface area (Å²) in [6.45, 7) is 1.36. The van der Waals surface area contributed by atoms with Gasteiger partial charge in [-0.25, -0.2) is 0 Å². The summed E-state index contributed by atoms with van der Waals surface area (Å²) in [5.41, 5.74) is 1.37. The van der Waals surface area contributed by atoms with Gasteiger partial charge in [-0.1, -0.05) is 6.07 Å². The molecule has 1 aliphatic rings. The van der Waals surface area contributed by atoms with Crippen LogP contribution in [-0.4, -0.2) is 43.0 Å². The van der Waals surface area contributed by atoms with Crippen LogP contribution < -0.4 is 14.8 Å². The number of fused-ring (bicyclic) bond motifs is 1. The minimum absolute atomic E-state index is 0.133. The van der Waals surface area contributed by atoms with E-state index in [9.17, 15) is 14.9 Å². The number of hydrogen-bond acceptors (Lipinski definition) is 6. The van der Waals surface area contributed by atoms with Gasteiger partial charge in [0.2, 0.25) is 0 Å². The molecule has 0 fully saturated rings. The first-order chi connectivity index (χ1) is 12.5. The van der Waals surface area contributed by atoms with Gasteiger partial charge < -0.3 is 19.7 Å². The zero-order chi connectivity index (χ0) is 18.7. The van der Waals surface area contributed by atoms with Crippen molar-refractivity contribution in [2.45, 2.75) is 6.54 Å². The summed E-state index contributed by atoms with van der Waals surface area (Å²) in [6, 6.07) is 9.91. The van der Waals surface area contributed by atoms with E-state index in [1.807, 2.05) is 18.2 Å². The maximum atomic E-state index is 12.6. The topological polar surface area (TPSA) is 93.9 Å². The van der Waals surface area contributed by atoms with E-state index in [1.165, 1.54) is 17.0 Å². The van der Waals surface area contributed by atoms with Crippen LogP contribution in [0.25, 0.3) is 0 Å². The number of anilines is 1. The molecule has 0 atom stereocenters. The average Bonchev–Trinajstić information content (AvgIpc) is 2.66. The van der Waals surface area contributed by atoms with Crippen molar-refractivity contribution >= 4 is 17.3 Å². The number of amides is 1. The number of carbonyl (C=O) groups is 1. The van der Waals surface area contributed by atoms with E-state index in [1.54, 1.807) is 20.2 Å². The molecule has 1 heterocycles. The highest BCUT2D eigenvalue weighted by Crippen LogP contribution is 2.31.